The maximum Gasteiger partial charge on any atom is 0.352 e. The predicted octanol–water partition coefficient (Wildman–Crippen LogP) is 2.06. The zero-order chi connectivity index (χ0) is 13.3. The Kier molecular flexibility index (Phi) is 2.08. The van der Waals surface area contributed by atoms with Gasteiger partial charge in [-0.15, -0.1) is 0 Å². The molecule has 0 N–H and O–H groups in total. The molecular formula is C13H20O4. The average Bonchev–Trinajstić information content (AvgIpc) is 2.53. The molecule has 4 heteroatoms. The minimum Gasteiger partial charge on any atom is -0.443 e. The van der Waals surface area contributed by atoms with Crippen LogP contribution >= 0.6 is 0 Å². The molecule has 2 aliphatic heterocycles. The Morgan fingerprint density at radius 2 is 1.12 bits per heavy atom. The van der Waals surface area contributed by atoms with Crippen LogP contribution in [0.4, 0.5) is 0 Å². The van der Waals surface area contributed by atoms with Gasteiger partial charge in [0.25, 0.3) is 0 Å². The zero-order valence-electron chi connectivity index (χ0n) is 11.3. The summed E-state index contributed by atoms with van der Waals surface area (Å²) in [5, 5.41) is 0. The van der Waals surface area contributed by atoms with E-state index < -0.39 is 34.0 Å². The van der Waals surface area contributed by atoms with Crippen molar-refractivity contribution in [2.45, 2.75) is 59.2 Å². The van der Waals surface area contributed by atoms with Gasteiger partial charge in [-0.25, -0.2) is 9.59 Å². The summed E-state index contributed by atoms with van der Waals surface area (Å²) in [5.74, 6) is -0.806. The lowest BCUT2D eigenvalue weighted by molar-refractivity contribution is -0.210. The molecule has 0 amide bonds. The molecule has 2 bridgehead atoms. The van der Waals surface area contributed by atoms with Gasteiger partial charge in [0.05, 0.1) is 6.42 Å². The van der Waals surface area contributed by atoms with Crippen molar-refractivity contribution in [3.63, 3.8) is 0 Å². The maximum atomic E-state index is 12.1. The number of rotatable bonds is 0. The number of fused-ring (bicyclic) bond motifs is 2. The Bertz CT molecular complexity index is 361. The summed E-state index contributed by atoms with van der Waals surface area (Å²) >= 11 is 0. The summed E-state index contributed by atoms with van der Waals surface area (Å²) in [5.41, 5.74) is -3.14. The van der Waals surface area contributed by atoms with Crippen molar-refractivity contribution in [1.29, 1.82) is 0 Å². The number of ether oxygens (including phenoxy) is 2. The highest BCUT2D eigenvalue weighted by Gasteiger charge is 2.77. The first-order valence-corrected chi connectivity index (χ1v) is 5.93. The van der Waals surface area contributed by atoms with Crippen molar-refractivity contribution < 1.29 is 19.1 Å². The predicted molar refractivity (Wildman–Crippen MR) is 61.2 cm³/mol. The molecule has 0 spiro atoms. The average molecular weight is 240 g/mol. The summed E-state index contributed by atoms with van der Waals surface area (Å²) in [7, 11) is 0. The minimum atomic E-state index is -1.11. The van der Waals surface area contributed by atoms with Gasteiger partial charge in [-0.3, -0.25) is 0 Å². The first-order chi connectivity index (χ1) is 7.46. The summed E-state index contributed by atoms with van der Waals surface area (Å²) in [6.07, 6.45) is 0.324. The fourth-order valence-electron chi connectivity index (χ4n) is 2.58. The second-order valence-corrected chi connectivity index (χ2v) is 7.11. The Morgan fingerprint density at radius 3 is 1.29 bits per heavy atom. The molecule has 96 valence electrons. The first-order valence-electron chi connectivity index (χ1n) is 5.93. The monoisotopic (exact) mass is 240 g/mol. The molecule has 0 radical (unpaired) electrons. The van der Waals surface area contributed by atoms with E-state index in [0.717, 1.165) is 0 Å². The van der Waals surface area contributed by atoms with Gasteiger partial charge in [-0.05, 0) is 0 Å². The van der Waals surface area contributed by atoms with Gasteiger partial charge in [0, 0.05) is 10.8 Å². The van der Waals surface area contributed by atoms with E-state index in [1.807, 2.05) is 41.5 Å². The van der Waals surface area contributed by atoms with Gasteiger partial charge in [0.2, 0.25) is 11.2 Å². The van der Waals surface area contributed by atoms with Crippen molar-refractivity contribution in [1.82, 2.24) is 0 Å². The molecule has 0 aliphatic carbocycles. The molecule has 2 atom stereocenters. The van der Waals surface area contributed by atoms with Crippen molar-refractivity contribution in [3.8, 4) is 0 Å². The van der Waals surface area contributed by atoms with Crippen molar-refractivity contribution in [2.75, 3.05) is 0 Å². The topological polar surface area (TPSA) is 52.6 Å². The smallest absolute Gasteiger partial charge is 0.352 e. The van der Waals surface area contributed by atoms with Gasteiger partial charge in [0.15, 0.2) is 0 Å². The van der Waals surface area contributed by atoms with Crippen LogP contribution in [0.3, 0.4) is 0 Å². The molecule has 0 aromatic carbocycles. The SMILES string of the molecule is CC(C)(C)C12CC(C(C)(C)C)(OC1=O)C(=O)O2. The lowest BCUT2D eigenvalue weighted by atomic mass is 9.69. The van der Waals surface area contributed by atoms with E-state index in [1.54, 1.807) is 0 Å². The molecule has 17 heavy (non-hydrogen) atoms. The van der Waals surface area contributed by atoms with Crippen LogP contribution in [0.2, 0.25) is 0 Å². The number of esters is 2. The maximum absolute atomic E-state index is 12.1. The van der Waals surface area contributed by atoms with E-state index in [4.69, 9.17) is 9.47 Å². The summed E-state index contributed by atoms with van der Waals surface area (Å²) in [6, 6.07) is 0. The van der Waals surface area contributed by atoms with Crippen molar-refractivity contribution in [3.05, 3.63) is 0 Å². The molecule has 0 saturated carbocycles. The van der Waals surface area contributed by atoms with Gasteiger partial charge < -0.3 is 9.47 Å². The third-order valence-corrected chi connectivity index (χ3v) is 4.11. The number of carbonyl (C=O) groups excluding carboxylic acids is 2. The van der Waals surface area contributed by atoms with E-state index in [-0.39, 0.29) is 0 Å². The number of hydrogen-bond donors (Lipinski definition) is 0. The lowest BCUT2D eigenvalue weighted by Crippen LogP contribution is -2.53. The quantitative estimate of drug-likeness (QED) is 0.608. The Labute approximate surface area is 102 Å². The summed E-state index contributed by atoms with van der Waals surface area (Å²) in [6.45, 7) is 11.4. The second-order valence-electron chi connectivity index (χ2n) is 7.11. The largest absolute Gasteiger partial charge is 0.443 e. The third kappa shape index (κ3) is 1.24. The third-order valence-electron chi connectivity index (χ3n) is 4.11. The van der Waals surface area contributed by atoms with Crippen molar-refractivity contribution in [2.24, 2.45) is 10.8 Å². The van der Waals surface area contributed by atoms with E-state index in [1.165, 1.54) is 0 Å². The van der Waals surface area contributed by atoms with Crippen LogP contribution in [-0.2, 0) is 19.1 Å². The van der Waals surface area contributed by atoms with Crippen LogP contribution in [0.5, 0.6) is 0 Å². The molecule has 2 heterocycles. The zero-order valence-corrected chi connectivity index (χ0v) is 11.3. The normalized spacial score (nSPS) is 37.1. The highest BCUT2D eigenvalue weighted by atomic mass is 16.7. The molecule has 4 nitrogen and oxygen atoms in total. The standard InChI is InChI=1S/C13H20O4/c1-10(2,3)12-7-13(9(15)16-12,11(4,5)6)17-8(12)14/h7H2,1-6H3. The number of carbonyl (C=O) groups is 2. The molecule has 2 rings (SSSR count). The van der Waals surface area contributed by atoms with Gasteiger partial charge in [-0.2, -0.15) is 0 Å². The minimum absolute atomic E-state index is 0.324. The van der Waals surface area contributed by atoms with E-state index in [2.05, 4.69) is 0 Å². The first kappa shape index (κ1) is 12.4. The second kappa shape index (κ2) is 2.85. The molecular weight excluding hydrogens is 220 g/mol. The van der Waals surface area contributed by atoms with Crippen LogP contribution in [0.15, 0.2) is 0 Å². The van der Waals surface area contributed by atoms with Crippen LogP contribution < -0.4 is 0 Å². The van der Waals surface area contributed by atoms with Gasteiger partial charge in [-0.1, -0.05) is 41.5 Å². The Morgan fingerprint density at radius 1 is 0.824 bits per heavy atom. The van der Waals surface area contributed by atoms with E-state index in [9.17, 15) is 9.59 Å². The van der Waals surface area contributed by atoms with Crippen LogP contribution in [0.25, 0.3) is 0 Å². The van der Waals surface area contributed by atoms with E-state index in [0.29, 0.717) is 6.42 Å². The Balaban J connectivity index is 2.54. The highest BCUT2D eigenvalue weighted by molar-refractivity contribution is 5.99. The molecule has 0 aromatic rings. The fourth-order valence-corrected chi connectivity index (χ4v) is 2.58. The fraction of sp³-hybridized carbons (Fsp3) is 0.846. The molecule has 2 fully saturated rings. The molecule has 2 saturated heterocycles. The van der Waals surface area contributed by atoms with E-state index >= 15 is 0 Å². The van der Waals surface area contributed by atoms with Crippen LogP contribution in [-0.4, -0.2) is 23.1 Å². The molecule has 2 unspecified atom stereocenters. The number of hydrogen-bond acceptors (Lipinski definition) is 4. The lowest BCUT2D eigenvalue weighted by Gasteiger charge is -2.38. The van der Waals surface area contributed by atoms with Gasteiger partial charge in [0.1, 0.15) is 0 Å². The Hall–Kier alpha value is -1.06. The highest BCUT2D eigenvalue weighted by Crippen LogP contribution is 2.58. The summed E-state index contributed by atoms with van der Waals surface area (Å²) in [4.78, 5) is 24.2. The van der Waals surface area contributed by atoms with Crippen molar-refractivity contribution >= 4 is 11.9 Å². The molecule has 0 aromatic heterocycles. The molecule has 2 aliphatic rings. The summed E-state index contributed by atoms with van der Waals surface area (Å²) < 4.78 is 10.9. The van der Waals surface area contributed by atoms with Crippen LogP contribution in [0, 0.1) is 10.8 Å². The van der Waals surface area contributed by atoms with Gasteiger partial charge >= 0.3 is 11.9 Å². The van der Waals surface area contributed by atoms with Crippen LogP contribution in [0.1, 0.15) is 48.0 Å².